The normalized spacial score (nSPS) is 13.0. The van der Waals surface area contributed by atoms with Crippen molar-refractivity contribution in [1.82, 2.24) is 9.62 Å². The Morgan fingerprint density at radius 1 is 1.29 bits per heavy atom. The summed E-state index contributed by atoms with van der Waals surface area (Å²) in [5.41, 5.74) is 0.487. The van der Waals surface area contributed by atoms with Gasteiger partial charge in [-0.15, -0.1) is 0 Å². The van der Waals surface area contributed by atoms with Crippen LogP contribution >= 0.6 is 0 Å². The van der Waals surface area contributed by atoms with E-state index in [1.165, 1.54) is 38.4 Å². The molecule has 0 saturated carbocycles. The van der Waals surface area contributed by atoms with E-state index in [0.717, 1.165) is 4.31 Å². The number of anilines is 1. The summed E-state index contributed by atoms with van der Waals surface area (Å²) in [5, 5.41) is 14.0. The van der Waals surface area contributed by atoms with Crippen molar-refractivity contribution < 1.29 is 18.3 Å². The van der Waals surface area contributed by atoms with Crippen LogP contribution in [0.25, 0.3) is 0 Å². The smallest absolute Gasteiger partial charge is 0.319 e. The predicted octanol–water partition coefficient (Wildman–Crippen LogP) is 0.829. The Hall–Kier alpha value is -1.64. The van der Waals surface area contributed by atoms with E-state index < -0.39 is 16.1 Å². The van der Waals surface area contributed by atoms with Gasteiger partial charge in [0.05, 0.1) is 4.90 Å². The average Bonchev–Trinajstić information content (AvgIpc) is 2.39. The Morgan fingerprint density at radius 2 is 1.86 bits per heavy atom. The summed E-state index contributed by atoms with van der Waals surface area (Å²) in [4.78, 5) is 11.8. The fraction of sp³-hybridized carbons (Fsp3) is 0.462. The molecule has 3 N–H and O–H groups in total. The lowest BCUT2D eigenvalue weighted by Gasteiger charge is -2.14. The summed E-state index contributed by atoms with van der Waals surface area (Å²) >= 11 is 0. The van der Waals surface area contributed by atoms with Gasteiger partial charge in [0.15, 0.2) is 0 Å². The number of aliphatic hydroxyl groups is 1. The molecule has 1 aromatic carbocycles. The SMILES string of the molecule is CC(CCO)NC(=O)Nc1ccc(S(=O)(=O)N(C)C)cc1. The summed E-state index contributed by atoms with van der Waals surface area (Å²) in [6, 6.07) is 5.35. The minimum absolute atomic E-state index is 0.00145. The molecule has 1 atom stereocenters. The molecule has 0 aliphatic rings. The molecule has 8 heteroatoms. The van der Waals surface area contributed by atoms with Gasteiger partial charge < -0.3 is 15.7 Å². The highest BCUT2D eigenvalue weighted by Crippen LogP contribution is 2.16. The third-order valence-corrected chi connectivity index (χ3v) is 4.66. The molecule has 1 unspecified atom stereocenters. The zero-order valence-corrected chi connectivity index (χ0v) is 13.1. The zero-order valence-electron chi connectivity index (χ0n) is 12.3. The summed E-state index contributed by atoms with van der Waals surface area (Å²) in [5.74, 6) is 0. The summed E-state index contributed by atoms with van der Waals surface area (Å²) < 4.78 is 24.9. The number of amides is 2. The van der Waals surface area contributed by atoms with Crippen LogP contribution in [0.2, 0.25) is 0 Å². The van der Waals surface area contributed by atoms with Crippen molar-refractivity contribution in [2.24, 2.45) is 0 Å². The van der Waals surface area contributed by atoms with Crippen molar-refractivity contribution in [3.63, 3.8) is 0 Å². The third-order valence-electron chi connectivity index (χ3n) is 2.83. The second kappa shape index (κ2) is 7.39. The van der Waals surface area contributed by atoms with Crippen LogP contribution in [-0.4, -0.2) is 50.6 Å². The number of nitrogens with zero attached hydrogens (tertiary/aromatic N) is 1. The van der Waals surface area contributed by atoms with Gasteiger partial charge in [-0.3, -0.25) is 0 Å². The van der Waals surface area contributed by atoms with E-state index in [9.17, 15) is 13.2 Å². The minimum Gasteiger partial charge on any atom is -0.396 e. The second-order valence-electron chi connectivity index (χ2n) is 4.82. The highest BCUT2D eigenvalue weighted by atomic mass is 32.2. The van der Waals surface area contributed by atoms with Crippen molar-refractivity contribution in [3.8, 4) is 0 Å². The Morgan fingerprint density at radius 3 is 2.33 bits per heavy atom. The summed E-state index contributed by atoms with van der Waals surface area (Å²) in [7, 11) is -0.560. The van der Waals surface area contributed by atoms with Crippen molar-refractivity contribution in [3.05, 3.63) is 24.3 Å². The number of hydrogen-bond donors (Lipinski definition) is 3. The van der Waals surface area contributed by atoms with E-state index in [4.69, 9.17) is 5.11 Å². The number of carbonyl (C=O) groups excluding carboxylic acids is 1. The average molecular weight is 315 g/mol. The summed E-state index contributed by atoms with van der Waals surface area (Å²) in [6.07, 6.45) is 0.466. The number of sulfonamides is 1. The van der Waals surface area contributed by atoms with Crippen molar-refractivity contribution in [2.75, 3.05) is 26.0 Å². The molecular formula is C13H21N3O4S. The van der Waals surface area contributed by atoms with E-state index in [1.54, 1.807) is 6.92 Å². The van der Waals surface area contributed by atoms with Gasteiger partial charge in [-0.1, -0.05) is 0 Å². The monoisotopic (exact) mass is 315 g/mol. The van der Waals surface area contributed by atoms with Crippen LogP contribution in [0.3, 0.4) is 0 Å². The standard InChI is InChI=1S/C13H21N3O4S/c1-10(8-9-17)14-13(18)15-11-4-6-12(7-5-11)21(19,20)16(2)3/h4-7,10,17H,8-9H2,1-3H3,(H2,14,15,18). The third kappa shape index (κ3) is 5.00. The van der Waals surface area contributed by atoms with Gasteiger partial charge in [-0.2, -0.15) is 0 Å². The van der Waals surface area contributed by atoms with Crippen LogP contribution in [0.4, 0.5) is 10.5 Å². The van der Waals surface area contributed by atoms with Crippen LogP contribution in [0.5, 0.6) is 0 Å². The first kappa shape index (κ1) is 17.4. The molecule has 0 fully saturated rings. The maximum absolute atomic E-state index is 11.9. The van der Waals surface area contributed by atoms with Gasteiger partial charge in [-0.25, -0.2) is 17.5 Å². The predicted molar refractivity (Wildman–Crippen MR) is 80.6 cm³/mol. The van der Waals surface area contributed by atoms with E-state index in [0.29, 0.717) is 12.1 Å². The maximum atomic E-state index is 11.9. The minimum atomic E-state index is -3.47. The van der Waals surface area contributed by atoms with Gasteiger partial charge in [0, 0.05) is 32.4 Å². The number of urea groups is 1. The molecule has 0 saturated heterocycles. The number of nitrogens with one attached hydrogen (secondary N) is 2. The molecule has 0 aliphatic heterocycles. The fourth-order valence-corrected chi connectivity index (χ4v) is 2.48. The van der Waals surface area contributed by atoms with Gasteiger partial charge in [-0.05, 0) is 37.6 Å². The first-order valence-electron chi connectivity index (χ1n) is 6.48. The zero-order chi connectivity index (χ0) is 16.0. The molecule has 0 aliphatic carbocycles. The molecule has 0 aromatic heterocycles. The molecule has 7 nitrogen and oxygen atoms in total. The Balaban J connectivity index is 2.69. The van der Waals surface area contributed by atoms with E-state index in [1.807, 2.05) is 0 Å². The fourth-order valence-electron chi connectivity index (χ4n) is 1.58. The van der Waals surface area contributed by atoms with E-state index in [2.05, 4.69) is 10.6 Å². The first-order valence-corrected chi connectivity index (χ1v) is 7.92. The molecule has 118 valence electrons. The number of hydrogen-bond acceptors (Lipinski definition) is 4. The molecule has 1 aromatic rings. The lowest BCUT2D eigenvalue weighted by molar-refractivity contribution is 0.241. The molecule has 1 rings (SSSR count). The van der Waals surface area contributed by atoms with Crippen LogP contribution in [-0.2, 0) is 10.0 Å². The van der Waals surface area contributed by atoms with Gasteiger partial charge in [0.2, 0.25) is 10.0 Å². The number of aliphatic hydroxyl groups excluding tert-OH is 1. The molecule has 2 amide bonds. The Labute approximate surface area is 125 Å². The molecule has 0 radical (unpaired) electrons. The van der Waals surface area contributed by atoms with Crippen molar-refractivity contribution >= 4 is 21.7 Å². The van der Waals surface area contributed by atoms with Crippen LogP contribution in [0.1, 0.15) is 13.3 Å². The van der Waals surface area contributed by atoms with Crippen molar-refractivity contribution in [1.29, 1.82) is 0 Å². The largest absolute Gasteiger partial charge is 0.396 e. The topological polar surface area (TPSA) is 98.7 Å². The van der Waals surface area contributed by atoms with Crippen LogP contribution in [0, 0.1) is 0 Å². The molecule has 0 heterocycles. The highest BCUT2D eigenvalue weighted by Gasteiger charge is 2.16. The lowest BCUT2D eigenvalue weighted by atomic mass is 10.2. The quantitative estimate of drug-likeness (QED) is 0.724. The Kier molecular flexibility index (Phi) is 6.13. The van der Waals surface area contributed by atoms with Gasteiger partial charge >= 0.3 is 6.03 Å². The summed E-state index contributed by atoms with van der Waals surface area (Å²) in [6.45, 7) is 1.78. The van der Waals surface area contributed by atoms with E-state index in [-0.39, 0.29) is 17.5 Å². The second-order valence-corrected chi connectivity index (χ2v) is 6.98. The number of carbonyl (C=O) groups is 1. The van der Waals surface area contributed by atoms with Gasteiger partial charge in [0.1, 0.15) is 0 Å². The maximum Gasteiger partial charge on any atom is 0.319 e. The Bertz CT molecular complexity index is 570. The molecule has 0 spiro atoms. The number of rotatable bonds is 6. The van der Waals surface area contributed by atoms with Gasteiger partial charge in [0.25, 0.3) is 0 Å². The lowest BCUT2D eigenvalue weighted by Crippen LogP contribution is -2.36. The van der Waals surface area contributed by atoms with Crippen molar-refractivity contribution in [2.45, 2.75) is 24.3 Å². The van der Waals surface area contributed by atoms with Crippen LogP contribution < -0.4 is 10.6 Å². The molecule has 21 heavy (non-hydrogen) atoms. The number of benzene rings is 1. The molecular weight excluding hydrogens is 294 g/mol. The molecule has 0 bridgehead atoms. The van der Waals surface area contributed by atoms with Crippen LogP contribution in [0.15, 0.2) is 29.2 Å². The first-order chi connectivity index (χ1) is 9.77. The highest BCUT2D eigenvalue weighted by molar-refractivity contribution is 7.89. The van der Waals surface area contributed by atoms with E-state index >= 15 is 0 Å².